The van der Waals surface area contributed by atoms with Crippen LogP contribution in [-0.4, -0.2) is 16.7 Å². The molecule has 0 aliphatic rings. The molecule has 0 fully saturated rings. The Hall–Kier alpha value is -1.20. The zero-order chi connectivity index (χ0) is 13.8. The van der Waals surface area contributed by atoms with Crippen LogP contribution in [0.1, 0.15) is 17.4 Å². The van der Waals surface area contributed by atoms with E-state index >= 15 is 0 Å². The lowest BCUT2D eigenvalue weighted by molar-refractivity contribution is 0.101. The van der Waals surface area contributed by atoms with E-state index in [0.29, 0.717) is 5.69 Å². The first-order valence-electron chi connectivity index (χ1n) is 5.95. The molecule has 0 aliphatic heterocycles. The van der Waals surface area contributed by atoms with Crippen LogP contribution < -0.4 is 5.32 Å². The number of hydrogen-bond acceptors (Lipinski definition) is 2. The van der Waals surface area contributed by atoms with Crippen molar-refractivity contribution in [3.05, 3.63) is 46.7 Å². The molecule has 0 saturated carbocycles. The van der Waals surface area contributed by atoms with Crippen LogP contribution in [0.5, 0.6) is 0 Å². The Balaban J connectivity index is 2.20. The molecule has 1 aromatic heterocycles. The molecule has 19 heavy (non-hydrogen) atoms. The number of aromatic nitrogens is 1. The van der Waals surface area contributed by atoms with E-state index in [4.69, 9.17) is 0 Å². The summed E-state index contributed by atoms with van der Waals surface area (Å²) in [6.07, 6.45) is 3.92. The van der Waals surface area contributed by atoms with Gasteiger partial charge >= 0.3 is 0 Å². The van der Waals surface area contributed by atoms with Crippen molar-refractivity contribution in [2.45, 2.75) is 18.4 Å². The van der Waals surface area contributed by atoms with Crippen LogP contribution in [-0.2, 0) is 6.54 Å². The Morgan fingerprint density at radius 2 is 2.21 bits per heavy atom. The molecule has 3 nitrogen and oxygen atoms in total. The number of halogens is 1. The summed E-state index contributed by atoms with van der Waals surface area (Å²) in [5.41, 5.74) is 1.47. The molecule has 1 N–H and O–H groups in total. The molecule has 0 aliphatic carbocycles. The highest BCUT2D eigenvalue weighted by molar-refractivity contribution is 9.10. The molecule has 1 aromatic carbocycles. The first-order valence-corrected chi connectivity index (χ1v) is 7.97. The smallest absolute Gasteiger partial charge is 0.272 e. The first-order chi connectivity index (χ1) is 9.13. The number of nitrogens with zero attached hydrogens (tertiary/aromatic N) is 1. The lowest BCUT2D eigenvalue weighted by Crippen LogP contribution is -2.16. The maximum Gasteiger partial charge on any atom is 0.272 e. The van der Waals surface area contributed by atoms with E-state index in [1.54, 1.807) is 11.8 Å². The molecule has 2 aromatic rings. The van der Waals surface area contributed by atoms with Crippen LogP contribution in [0.4, 0.5) is 5.69 Å². The number of rotatable bonds is 4. The Labute approximate surface area is 125 Å². The van der Waals surface area contributed by atoms with Gasteiger partial charge in [-0.2, -0.15) is 0 Å². The van der Waals surface area contributed by atoms with Gasteiger partial charge in [0.05, 0.1) is 0 Å². The lowest BCUT2D eigenvalue weighted by Gasteiger charge is -2.08. The molecule has 0 radical (unpaired) electrons. The summed E-state index contributed by atoms with van der Waals surface area (Å²) < 4.78 is 2.83. The van der Waals surface area contributed by atoms with E-state index in [2.05, 4.69) is 21.2 Å². The fourth-order valence-electron chi connectivity index (χ4n) is 1.82. The molecule has 1 heterocycles. The summed E-state index contributed by atoms with van der Waals surface area (Å²) in [5.74, 6) is -0.0918. The number of anilines is 1. The van der Waals surface area contributed by atoms with Gasteiger partial charge in [-0.1, -0.05) is 6.07 Å². The van der Waals surface area contributed by atoms with Gasteiger partial charge in [-0.05, 0) is 53.4 Å². The average molecular weight is 339 g/mol. The second kappa shape index (κ2) is 6.30. The minimum absolute atomic E-state index is 0.0918. The van der Waals surface area contributed by atoms with Gasteiger partial charge in [0.1, 0.15) is 5.69 Å². The highest BCUT2D eigenvalue weighted by atomic mass is 79.9. The largest absolute Gasteiger partial charge is 0.343 e. The molecule has 1 amide bonds. The molecule has 0 bridgehead atoms. The van der Waals surface area contributed by atoms with Gasteiger partial charge < -0.3 is 9.88 Å². The standard InChI is InChI=1S/C14H15BrN2OS/c1-3-17-9-10(15)7-13(17)14(18)16-11-5-4-6-12(8-11)19-2/h4-9H,3H2,1-2H3,(H,16,18). The molecule has 0 atom stereocenters. The van der Waals surface area contributed by atoms with Gasteiger partial charge in [0.2, 0.25) is 0 Å². The monoisotopic (exact) mass is 338 g/mol. The highest BCUT2D eigenvalue weighted by Crippen LogP contribution is 2.20. The molecule has 100 valence electrons. The fraction of sp³-hybridized carbons (Fsp3) is 0.214. The number of carbonyl (C=O) groups excluding carboxylic acids is 1. The molecule has 5 heteroatoms. The minimum atomic E-state index is -0.0918. The van der Waals surface area contributed by atoms with E-state index in [1.807, 2.05) is 54.3 Å². The second-order valence-corrected chi connectivity index (χ2v) is 5.81. The van der Waals surface area contributed by atoms with Crippen molar-refractivity contribution in [2.24, 2.45) is 0 Å². The van der Waals surface area contributed by atoms with E-state index in [1.165, 1.54) is 0 Å². The summed E-state index contributed by atoms with van der Waals surface area (Å²) in [6, 6.07) is 9.65. The summed E-state index contributed by atoms with van der Waals surface area (Å²) in [7, 11) is 0. The Bertz CT molecular complexity index is 595. The maximum atomic E-state index is 12.2. The Morgan fingerprint density at radius 1 is 1.42 bits per heavy atom. The van der Waals surface area contributed by atoms with Crippen LogP contribution in [0.2, 0.25) is 0 Å². The number of aryl methyl sites for hydroxylation is 1. The third kappa shape index (κ3) is 3.42. The van der Waals surface area contributed by atoms with E-state index in [9.17, 15) is 4.79 Å². The zero-order valence-corrected chi connectivity index (χ0v) is 13.2. The van der Waals surface area contributed by atoms with Crippen LogP contribution in [0.15, 0.2) is 45.9 Å². The second-order valence-electron chi connectivity index (χ2n) is 4.02. The predicted molar refractivity (Wildman–Crippen MR) is 84.0 cm³/mol. The van der Waals surface area contributed by atoms with Gasteiger partial charge in [-0.25, -0.2) is 0 Å². The van der Waals surface area contributed by atoms with Crippen molar-refractivity contribution >= 4 is 39.3 Å². The van der Waals surface area contributed by atoms with Gasteiger partial charge in [0, 0.05) is 27.8 Å². The number of benzene rings is 1. The lowest BCUT2D eigenvalue weighted by atomic mass is 10.3. The minimum Gasteiger partial charge on any atom is -0.343 e. The number of hydrogen-bond donors (Lipinski definition) is 1. The number of carbonyl (C=O) groups is 1. The quantitative estimate of drug-likeness (QED) is 0.845. The fourth-order valence-corrected chi connectivity index (χ4v) is 2.75. The van der Waals surface area contributed by atoms with Crippen LogP contribution in [0.25, 0.3) is 0 Å². The van der Waals surface area contributed by atoms with E-state index in [-0.39, 0.29) is 5.91 Å². The van der Waals surface area contributed by atoms with E-state index < -0.39 is 0 Å². The number of nitrogens with one attached hydrogen (secondary N) is 1. The van der Waals surface area contributed by atoms with Crippen molar-refractivity contribution in [1.29, 1.82) is 0 Å². The topological polar surface area (TPSA) is 34.0 Å². The summed E-state index contributed by atoms with van der Waals surface area (Å²) in [6.45, 7) is 2.77. The summed E-state index contributed by atoms with van der Waals surface area (Å²) >= 11 is 5.05. The first kappa shape index (κ1) is 14.2. The molecule has 2 rings (SSSR count). The molecule has 0 unspecified atom stereocenters. The Morgan fingerprint density at radius 3 is 2.89 bits per heavy atom. The third-order valence-electron chi connectivity index (χ3n) is 2.76. The molecular weight excluding hydrogens is 324 g/mol. The SMILES string of the molecule is CCn1cc(Br)cc1C(=O)Nc1cccc(SC)c1. The summed E-state index contributed by atoms with van der Waals surface area (Å²) in [4.78, 5) is 13.4. The van der Waals surface area contributed by atoms with Crippen molar-refractivity contribution in [2.75, 3.05) is 11.6 Å². The van der Waals surface area contributed by atoms with Gasteiger partial charge in [-0.3, -0.25) is 4.79 Å². The predicted octanol–water partition coefficient (Wildman–Crippen LogP) is 4.24. The Kier molecular flexibility index (Phi) is 4.71. The van der Waals surface area contributed by atoms with E-state index in [0.717, 1.165) is 21.6 Å². The third-order valence-corrected chi connectivity index (χ3v) is 3.92. The van der Waals surface area contributed by atoms with Crippen molar-refractivity contribution in [1.82, 2.24) is 4.57 Å². The maximum absolute atomic E-state index is 12.2. The summed E-state index contributed by atoms with van der Waals surface area (Å²) in [5, 5.41) is 2.93. The van der Waals surface area contributed by atoms with Crippen LogP contribution >= 0.6 is 27.7 Å². The molecule has 0 saturated heterocycles. The van der Waals surface area contributed by atoms with Gasteiger partial charge in [0.15, 0.2) is 0 Å². The van der Waals surface area contributed by atoms with Crippen molar-refractivity contribution in [3.63, 3.8) is 0 Å². The van der Waals surface area contributed by atoms with Gasteiger partial charge in [0.25, 0.3) is 5.91 Å². The molecule has 0 spiro atoms. The molecular formula is C14H15BrN2OS. The number of thioether (sulfide) groups is 1. The average Bonchev–Trinajstić information content (AvgIpc) is 2.80. The van der Waals surface area contributed by atoms with Crippen molar-refractivity contribution in [3.8, 4) is 0 Å². The highest BCUT2D eigenvalue weighted by Gasteiger charge is 2.12. The van der Waals surface area contributed by atoms with Crippen LogP contribution in [0, 0.1) is 0 Å². The normalized spacial score (nSPS) is 10.5. The number of amides is 1. The van der Waals surface area contributed by atoms with Crippen molar-refractivity contribution < 1.29 is 4.79 Å². The zero-order valence-electron chi connectivity index (χ0n) is 10.8. The van der Waals surface area contributed by atoms with Gasteiger partial charge in [-0.15, -0.1) is 11.8 Å². The van der Waals surface area contributed by atoms with Crippen LogP contribution in [0.3, 0.4) is 0 Å².